The van der Waals surface area contributed by atoms with Crippen LogP contribution in [-0.4, -0.2) is 14.5 Å². The van der Waals surface area contributed by atoms with Crippen LogP contribution in [0.15, 0.2) is 24.5 Å². The minimum atomic E-state index is 0.385. The number of aryl methyl sites for hydroxylation is 2. The van der Waals surface area contributed by atoms with Gasteiger partial charge < -0.3 is 9.88 Å². The van der Waals surface area contributed by atoms with Crippen molar-refractivity contribution in [2.24, 2.45) is 0 Å². The van der Waals surface area contributed by atoms with Gasteiger partial charge in [-0.3, -0.25) is 4.98 Å². The number of pyridine rings is 1. The van der Waals surface area contributed by atoms with Crippen LogP contribution in [0.5, 0.6) is 0 Å². The van der Waals surface area contributed by atoms with E-state index in [1.807, 2.05) is 26.0 Å². The molecule has 2 rings (SSSR count). The fourth-order valence-corrected chi connectivity index (χ4v) is 1.74. The highest BCUT2D eigenvalue weighted by molar-refractivity contribution is 5.56. The third-order valence-electron chi connectivity index (χ3n) is 2.66. The predicted molar refractivity (Wildman–Crippen MR) is 69.6 cm³/mol. The van der Waals surface area contributed by atoms with Gasteiger partial charge in [-0.05, 0) is 39.8 Å². The molecule has 0 spiro atoms. The maximum Gasteiger partial charge on any atom is 0.207 e. The quantitative estimate of drug-likeness (QED) is 0.880. The van der Waals surface area contributed by atoms with Crippen LogP contribution in [0.1, 0.15) is 31.3 Å². The Morgan fingerprint density at radius 1 is 1.29 bits per heavy atom. The number of hydrogen-bond donors (Lipinski definition) is 1. The van der Waals surface area contributed by atoms with E-state index in [0.717, 1.165) is 23.0 Å². The van der Waals surface area contributed by atoms with Crippen LogP contribution < -0.4 is 5.32 Å². The molecule has 2 heterocycles. The van der Waals surface area contributed by atoms with E-state index in [1.165, 1.54) is 0 Å². The summed E-state index contributed by atoms with van der Waals surface area (Å²) in [6.45, 7) is 8.27. The molecule has 0 atom stereocenters. The zero-order valence-electron chi connectivity index (χ0n) is 10.7. The summed E-state index contributed by atoms with van der Waals surface area (Å²) in [5.74, 6) is 0.869. The van der Waals surface area contributed by atoms with Gasteiger partial charge in [-0.25, -0.2) is 4.98 Å². The number of nitrogens with one attached hydrogen (secondary N) is 1. The van der Waals surface area contributed by atoms with E-state index in [0.29, 0.717) is 6.04 Å². The van der Waals surface area contributed by atoms with Crippen LogP contribution in [-0.2, 0) is 0 Å². The molecule has 0 amide bonds. The van der Waals surface area contributed by atoms with Crippen molar-refractivity contribution in [3.05, 3.63) is 35.9 Å². The largest absolute Gasteiger partial charge is 0.324 e. The summed E-state index contributed by atoms with van der Waals surface area (Å²) in [5, 5.41) is 3.33. The summed E-state index contributed by atoms with van der Waals surface area (Å²) in [5.41, 5.74) is 2.99. The molecule has 0 aromatic carbocycles. The summed E-state index contributed by atoms with van der Waals surface area (Å²) in [6, 6.07) is 4.32. The van der Waals surface area contributed by atoms with E-state index in [1.54, 1.807) is 6.20 Å². The number of aromatic nitrogens is 3. The van der Waals surface area contributed by atoms with Crippen molar-refractivity contribution >= 4 is 11.6 Å². The number of rotatable bonds is 3. The van der Waals surface area contributed by atoms with Crippen LogP contribution in [0.25, 0.3) is 0 Å². The Labute approximate surface area is 102 Å². The van der Waals surface area contributed by atoms with Gasteiger partial charge in [-0.1, -0.05) is 0 Å². The zero-order chi connectivity index (χ0) is 12.4. The van der Waals surface area contributed by atoms with E-state index in [9.17, 15) is 0 Å². The first-order valence-electron chi connectivity index (χ1n) is 5.82. The third-order valence-corrected chi connectivity index (χ3v) is 2.66. The summed E-state index contributed by atoms with van der Waals surface area (Å²) in [4.78, 5) is 8.75. The van der Waals surface area contributed by atoms with E-state index in [-0.39, 0.29) is 0 Å². The van der Waals surface area contributed by atoms with Crippen molar-refractivity contribution in [1.82, 2.24) is 14.5 Å². The Hall–Kier alpha value is -1.84. The van der Waals surface area contributed by atoms with Gasteiger partial charge in [0.25, 0.3) is 0 Å². The van der Waals surface area contributed by atoms with Crippen molar-refractivity contribution in [1.29, 1.82) is 0 Å². The van der Waals surface area contributed by atoms with Crippen molar-refractivity contribution in [3.8, 4) is 0 Å². The molecule has 0 radical (unpaired) electrons. The van der Waals surface area contributed by atoms with E-state index < -0.39 is 0 Å². The van der Waals surface area contributed by atoms with Crippen LogP contribution in [0.4, 0.5) is 11.6 Å². The van der Waals surface area contributed by atoms with Gasteiger partial charge in [-0.2, -0.15) is 0 Å². The summed E-state index contributed by atoms with van der Waals surface area (Å²) in [7, 11) is 0. The van der Waals surface area contributed by atoms with Crippen LogP contribution in [0.3, 0.4) is 0 Å². The zero-order valence-corrected chi connectivity index (χ0v) is 10.7. The smallest absolute Gasteiger partial charge is 0.207 e. The Balaban J connectivity index is 2.33. The number of imidazole rings is 1. The first kappa shape index (κ1) is 11.6. The highest BCUT2D eigenvalue weighted by Crippen LogP contribution is 2.21. The van der Waals surface area contributed by atoms with Crippen LogP contribution in [0, 0.1) is 13.8 Å². The van der Waals surface area contributed by atoms with Gasteiger partial charge in [0.1, 0.15) is 0 Å². The Morgan fingerprint density at radius 3 is 2.71 bits per heavy atom. The van der Waals surface area contributed by atoms with Crippen LogP contribution in [0.2, 0.25) is 0 Å². The van der Waals surface area contributed by atoms with Crippen molar-refractivity contribution < 1.29 is 0 Å². The minimum absolute atomic E-state index is 0.385. The van der Waals surface area contributed by atoms with E-state index >= 15 is 0 Å². The molecule has 0 fully saturated rings. The molecule has 17 heavy (non-hydrogen) atoms. The second-order valence-corrected chi connectivity index (χ2v) is 4.47. The normalized spacial score (nSPS) is 10.9. The molecule has 4 heteroatoms. The lowest BCUT2D eigenvalue weighted by Crippen LogP contribution is -2.06. The molecule has 2 aromatic heterocycles. The lowest BCUT2D eigenvalue weighted by molar-refractivity contribution is 0.607. The second kappa shape index (κ2) is 4.57. The number of nitrogens with zero attached hydrogens (tertiary/aromatic N) is 3. The molecule has 1 N–H and O–H groups in total. The average molecular weight is 230 g/mol. The average Bonchev–Trinajstić information content (AvgIpc) is 2.63. The monoisotopic (exact) mass is 230 g/mol. The molecular formula is C13H18N4. The molecule has 0 saturated heterocycles. The summed E-state index contributed by atoms with van der Waals surface area (Å²) in [6.07, 6.45) is 3.85. The third kappa shape index (κ3) is 2.46. The van der Waals surface area contributed by atoms with E-state index in [2.05, 4.69) is 39.9 Å². The number of hydrogen-bond acceptors (Lipinski definition) is 3. The highest BCUT2D eigenvalue weighted by atomic mass is 15.2. The molecular weight excluding hydrogens is 212 g/mol. The standard InChI is InChI=1S/C13H18N4/c1-9(2)17-8-10(3)15-13(17)16-12-6-5-7-14-11(12)4/h5-9H,1-4H3,(H,15,16). The van der Waals surface area contributed by atoms with Crippen molar-refractivity contribution in [3.63, 3.8) is 0 Å². The van der Waals surface area contributed by atoms with Gasteiger partial charge in [0.15, 0.2) is 0 Å². The maximum atomic E-state index is 4.49. The first-order valence-corrected chi connectivity index (χ1v) is 5.82. The molecule has 0 unspecified atom stereocenters. The Kier molecular flexibility index (Phi) is 3.13. The van der Waals surface area contributed by atoms with Gasteiger partial charge in [0, 0.05) is 18.4 Å². The molecule has 0 aliphatic heterocycles. The SMILES string of the molecule is Cc1cn(C(C)C)c(Nc2cccnc2C)n1. The minimum Gasteiger partial charge on any atom is -0.324 e. The highest BCUT2D eigenvalue weighted by Gasteiger charge is 2.09. The Bertz CT molecular complexity index is 514. The Morgan fingerprint density at radius 2 is 2.06 bits per heavy atom. The molecule has 0 aliphatic carbocycles. The van der Waals surface area contributed by atoms with Crippen molar-refractivity contribution in [2.75, 3.05) is 5.32 Å². The molecule has 4 nitrogen and oxygen atoms in total. The van der Waals surface area contributed by atoms with E-state index in [4.69, 9.17) is 0 Å². The predicted octanol–water partition coefficient (Wildman–Crippen LogP) is 3.22. The molecule has 0 aliphatic rings. The number of anilines is 2. The molecule has 2 aromatic rings. The lowest BCUT2D eigenvalue weighted by atomic mass is 10.3. The molecule has 90 valence electrons. The second-order valence-electron chi connectivity index (χ2n) is 4.47. The fourth-order valence-electron chi connectivity index (χ4n) is 1.74. The van der Waals surface area contributed by atoms with Gasteiger partial charge >= 0.3 is 0 Å². The lowest BCUT2D eigenvalue weighted by Gasteiger charge is -2.13. The summed E-state index contributed by atoms with van der Waals surface area (Å²) >= 11 is 0. The van der Waals surface area contributed by atoms with Crippen molar-refractivity contribution in [2.45, 2.75) is 33.7 Å². The topological polar surface area (TPSA) is 42.7 Å². The fraction of sp³-hybridized carbons (Fsp3) is 0.385. The van der Waals surface area contributed by atoms with Gasteiger partial charge in [0.2, 0.25) is 5.95 Å². The van der Waals surface area contributed by atoms with Crippen LogP contribution >= 0.6 is 0 Å². The molecule has 0 bridgehead atoms. The maximum absolute atomic E-state index is 4.49. The first-order chi connectivity index (χ1) is 8.08. The van der Waals surface area contributed by atoms with Gasteiger partial charge in [-0.15, -0.1) is 0 Å². The summed E-state index contributed by atoms with van der Waals surface area (Å²) < 4.78 is 2.13. The molecule has 0 saturated carbocycles. The van der Waals surface area contributed by atoms with Gasteiger partial charge in [0.05, 0.1) is 17.1 Å².